The fourth-order valence-electron chi connectivity index (χ4n) is 5.67. The van der Waals surface area contributed by atoms with E-state index in [0.717, 1.165) is 5.56 Å². The van der Waals surface area contributed by atoms with Gasteiger partial charge in [-0.1, -0.05) is 59.6 Å². The molecule has 0 aromatic heterocycles. The number of nitrogens with zero attached hydrogens (tertiary/aromatic N) is 1. The third kappa shape index (κ3) is 5.33. The number of benzene rings is 4. The minimum absolute atomic E-state index is 0.106. The molecule has 1 aliphatic heterocycles. The van der Waals surface area contributed by atoms with Gasteiger partial charge >= 0.3 is 6.03 Å². The Hall–Kier alpha value is -4.33. The molecule has 0 saturated heterocycles. The Labute approximate surface area is 252 Å². The van der Waals surface area contributed by atoms with Crippen LogP contribution in [0.5, 0.6) is 5.75 Å². The van der Waals surface area contributed by atoms with Gasteiger partial charge in [-0.2, -0.15) is 0 Å². The Bertz CT molecular complexity index is 1720. The highest BCUT2D eigenvalue weighted by Gasteiger charge is 2.42. The topological polar surface area (TPSA) is 70.7 Å². The zero-order valence-corrected chi connectivity index (χ0v) is 24.0. The van der Waals surface area contributed by atoms with Crippen molar-refractivity contribution in [1.82, 2.24) is 0 Å². The van der Waals surface area contributed by atoms with Crippen LogP contribution in [0.4, 0.5) is 26.2 Å². The number of para-hydroxylation sites is 2. The summed E-state index contributed by atoms with van der Waals surface area (Å²) in [6.07, 6.45) is 0.717. The van der Waals surface area contributed by atoms with E-state index < -0.39 is 12.1 Å². The number of methoxy groups -OCH3 is 1. The number of urea groups is 1. The molecule has 2 N–H and O–H groups in total. The van der Waals surface area contributed by atoms with Crippen LogP contribution in [0.15, 0.2) is 102 Å². The first-order valence-electron chi connectivity index (χ1n) is 13.4. The number of fused-ring (bicyclic) bond motifs is 1. The standard InChI is InChI=1S/C33H26Cl2FN3O3/c1-42-24-6-4-5-20(15-24)32-31-28(16-21(17-30(31)40)19-9-11-22(36)12-10-19)38-27-7-2-3-8-29(27)39(32)33(41)37-23-13-14-25(34)26(35)18-23/h2-15,18,21,32,38H,16-17H2,1H3,(H,37,41). The molecule has 42 heavy (non-hydrogen) atoms. The zero-order valence-electron chi connectivity index (χ0n) is 22.5. The molecule has 212 valence electrons. The quantitative estimate of drug-likeness (QED) is 0.245. The Morgan fingerprint density at radius 1 is 0.929 bits per heavy atom. The summed E-state index contributed by atoms with van der Waals surface area (Å²) >= 11 is 12.3. The van der Waals surface area contributed by atoms with Crippen molar-refractivity contribution in [2.45, 2.75) is 24.8 Å². The van der Waals surface area contributed by atoms with E-state index in [1.165, 1.54) is 12.1 Å². The summed E-state index contributed by atoms with van der Waals surface area (Å²) in [5.41, 5.74) is 4.50. The summed E-state index contributed by atoms with van der Waals surface area (Å²) in [7, 11) is 1.57. The molecule has 0 radical (unpaired) electrons. The molecule has 2 amide bonds. The molecule has 1 heterocycles. The third-order valence-corrected chi connectivity index (χ3v) is 8.37. The molecule has 2 unspecified atom stereocenters. The summed E-state index contributed by atoms with van der Waals surface area (Å²) in [5.74, 6) is 0.00607. The summed E-state index contributed by atoms with van der Waals surface area (Å²) < 4.78 is 19.2. The minimum Gasteiger partial charge on any atom is -0.497 e. The van der Waals surface area contributed by atoms with E-state index in [1.807, 2.05) is 48.5 Å². The number of ether oxygens (including phenoxy) is 1. The molecule has 6 rings (SSSR count). The van der Waals surface area contributed by atoms with E-state index in [0.29, 0.717) is 56.1 Å². The fourth-order valence-corrected chi connectivity index (χ4v) is 5.97. The molecule has 2 atom stereocenters. The number of halogens is 3. The zero-order chi connectivity index (χ0) is 29.4. The molecule has 0 fully saturated rings. The predicted molar refractivity (Wildman–Crippen MR) is 164 cm³/mol. The molecule has 0 saturated carbocycles. The predicted octanol–water partition coefficient (Wildman–Crippen LogP) is 8.75. The summed E-state index contributed by atoms with van der Waals surface area (Å²) in [5, 5.41) is 7.10. The van der Waals surface area contributed by atoms with Crippen LogP contribution in [0.3, 0.4) is 0 Å². The van der Waals surface area contributed by atoms with E-state index in [1.54, 1.807) is 42.3 Å². The van der Waals surface area contributed by atoms with Gasteiger partial charge in [0, 0.05) is 23.4 Å². The SMILES string of the molecule is COc1cccc(C2C3=C(CC(c4ccc(F)cc4)CC3=O)Nc3ccccc3N2C(=O)Nc2ccc(Cl)c(Cl)c2)c1. The van der Waals surface area contributed by atoms with Crippen molar-refractivity contribution in [3.05, 3.63) is 129 Å². The molecule has 4 aromatic carbocycles. The number of rotatable bonds is 4. The second kappa shape index (κ2) is 11.5. The lowest BCUT2D eigenvalue weighted by atomic mass is 9.78. The molecule has 1 aliphatic carbocycles. The lowest BCUT2D eigenvalue weighted by Gasteiger charge is -2.35. The minimum atomic E-state index is -0.782. The molecule has 0 spiro atoms. The number of hydrogen-bond acceptors (Lipinski definition) is 4. The second-order valence-corrected chi connectivity index (χ2v) is 11.0. The molecule has 9 heteroatoms. The number of anilines is 3. The maximum absolute atomic E-state index is 14.2. The van der Waals surface area contributed by atoms with Gasteiger partial charge in [0.05, 0.1) is 34.6 Å². The van der Waals surface area contributed by atoms with Gasteiger partial charge in [0.2, 0.25) is 0 Å². The van der Waals surface area contributed by atoms with Gasteiger partial charge in [0.25, 0.3) is 0 Å². The van der Waals surface area contributed by atoms with Crippen LogP contribution >= 0.6 is 23.2 Å². The molecule has 2 aliphatic rings. The molecule has 0 bridgehead atoms. The maximum Gasteiger partial charge on any atom is 0.327 e. The van der Waals surface area contributed by atoms with Crippen molar-refractivity contribution in [3.63, 3.8) is 0 Å². The summed E-state index contributed by atoms with van der Waals surface area (Å²) in [6, 6.07) is 24.7. The Balaban J connectivity index is 1.51. The van der Waals surface area contributed by atoms with Crippen molar-refractivity contribution in [2.75, 3.05) is 22.6 Å². The first kappa shape index (κ1) is 27.8. The van der Waals surface area contributed by atoms with Gasteiger partial charge in [0.15, 0.2) is 5.78 Å². The first-order chi connectivity index (χ1) is 20.3. The van der Waals surface area contributed by atoms with Crippen molar-refractivity contribution >= 4 is 52.1 Å². The second-order valence-electron chi connectivity index (χ2n) is 10.2. The third-order valence-electron chi connectivity index (χ3n) is 7.63. The number of carbonyl (C=O) groups is 2. The summed E-state index contributed by atoms with van der Waals surface area (Å²) in [4.78, 5) is 30.0. The first-order valence-corrected chi connectivity index (χ1v) is 14.1. The monoisotopic (exact) mass is 601 g/mol. The van der Waals surface area contributed by atoms with E-state index >= 15 is 0 Å². The van der Waals surface area contributed by atoms with Gasteiger partial charge in [-0.15, -0.1) is 0 Å². The van der Waals surface area contributed by atoms with Crippen LogP contribution in [0.25, 0.3) is 0 Å². The number of nitrogens with one attached hydrogen (secondary N) is 2. The number of carbonyl (C=O) groups excluding carboxylic acids is 2. The molecular weight excluding hydrogens is 576 g/mol. The number of amides is 2. The van der Waals surface area contributed by atoms with E-state index in [2.05, 4.69) is 10.6 Å². The average Bonchev–Trinajstić information content (AvgIpc) is 3.14. The highest BCUT2D eigenvalue weighted by molar-refractivity contribution is 6.42. The van der Waals surface area contributed by atoms with Gasteiger partial charge in [0.1, 0.15) is 11.6 Å². The van der Waals surface area contributed by atoms with E-state index in [4.69, 9.17) is 27.9 Å². The van der Waals surface area contributed by atoms with Gasteiger partial charge in [-0.3, -0.25) is 9.69 Å². The van der Waals surface area contributed by atoms with E-state index in [9.17, 15) is 14.0 Å². The van der Waals surface area contributed by atoms with Crippen molar-refractivity contribution < 1.29 is 18.7 Å². The normalized spacial score (nSPS) is 18.0. The van der Waals surface area contributed by atoms with Crippen LogP contribution in [-0.2, 0) is 4.79 Å². The lowest BCUT2D eigenvalue weighted by Crippen LogP contribution is -2.41. The molecular formula is C33H26Cl2FN3O3. The van der Waals surface area contributed by atoms with Crippen molar-refractivity contribution in [3.8, 4) is 5.75 Å². The van der Waals surface area contributed by atoms with Crippen LogP contribution < -0.4 is 20.3 Å². The van der Waals surface area contributed by atoms with Gasteiger partial charge in [-0.05, 0) is 78.1 Å². The molecule has 4 aromatic rings. The van der Waals surface area contributed by atoms with Crippen molar-refractivity contribution in [2.24, 2.45) is 0 Å². The number of allylic oxidation sites excluding steroid dienone is 1. The smallest absolute Gasteiger partial charge is 0.327 e. The highest BCUT2D eigenvalue weighted by Crippen LogP contribution is 2.48. The van der Waals surface area contributed by atoms with Crippen LogP contribution in [0, 0.1) is 5.82 Å². The van der Waals surface area contributed by atoms with Crippen LogP contribution in [-0.4, -0.2) is 18.9 Å². The average molecular weight is 602 g/mol. The fraction of sp³-hybridized carbons (Fsp3) is 0.152. The summed E-state index contributed by atoms with van der Waals surface area (Å²) in [6.45, 7) is 0. The van der Waals surface area contributed by atoms with Crippen LogP contribution in [0.1, 0.15) is 35.9 Å². The number of Topliss-reactive ketones (excluding diaryl/α,β-unsaturated/α-hetero) is 1. The Kier molecular flexibility index (Phi) is 7.62. The van der Waals surface area contributed by atoms with Gasteiger partial charge in [-0.25, -0.2) is 9.18 Å². The van der Waals surface area contributed by atoms with Crippen molar-refractivity contribution in [1.29, 1.82) is 0 Å². The maximum atomic E-state index is 14.2. The highest BCUT2D eigenvalue weighted by atomic mass is 35.5. The lowest BCUT2D eigenvalue weighted by molar-refractivity contribution is -0.116. The Morgan fingerprint density at radius 2 is 1.71 bits per heavy atom. The molecule has 6 nitrogen and oxygen atoms in total. The number of hydrogen-bond donors (Lipinski definition) is 2. The van der Waals surface area contributed by atoms with E-state index in [-0.39, 0.29) is 23.9 Å². The van der Waals surface area contributed by atoms with Crippen LogP contribution in [0.2, 0.25) is 10.0 Å². The van der Waals surface area contributed by atoms with Gasteiger partial charge < -0.3 is 15.4 Å². The Morgan fingerprint density at radius 3 is 2.48 bits per heavy atom. The number of ketones is 1. The largest absolute Gasteiger partial charge is 0.497 e.